The molecular formula is C10H14N2O3. The number of aliphatic hydroxyl groups excluding tert-OH is 2. The molecule has 1 rings (SSSR count). The van der Waals surface area contributed by atoms with Gasteiger partial charge in [-0.3, -0.25) is 4.79 Å². The van der Waals surface area contributed by atoms with Gasteiger partial charge >= 0.3 is 0 Å². The Bertz CT molecular complexity index is 354. The number of amides is 1. The van der Waals surface area contributed by atoms with Gasteiger partial charge in [-0.15, -0.1) is 0 Å². The molecule has 82 valence electrons. The molecule has 0 bridgehead atoms. The highest BCUT2D eigenvalue weighted by Gasteiger charge is 2.23. The molecule has 1 amide bonds. The summed E-state index contributed by atoms with van der Waals surface area (Å²) in [5.74, 6) is -0.958. The van der Waals surface area contributed by atoms with Crippen molar-refractivity contribution in [3.05, 3.63) is 35.4 Å². The number of carbonyl (C=O) groups excluding carboxylic acids is 1. The minimum absolute atomic E-state index is 0.327. The molecular weight excluding hydrogens is 196 g/mol. The first kappa shape index (κ1) is 11.6. The fourth-order valence-corrected chi connectivity index (χ4v) is 1.24. The molecule has 0 saturated heterocycles. The zero-order valence-electron chi connectivity index (χ0n) is 8.13. The number of nitrogens with two attached hydrogens (primary N) is 2. The smallest absolute Gasteiger partial charge is 0.249 e. The van der Waals surface area contributed by atoms with E-state index in [1.807, 2.05) is 0 Å². The molecule has 0 aliphatic rings. The zero-order valence-corrected chi connectivity index (χ0v) is 8.13. The van der Waals surface area contributed by atoms with Gasteiger partial charge in [0.25, 0.3) is 0 Å². The Morgan fingerprint density at radius 2 is 2.07 bits per heavy atom. The van der Waals surface area contributed by atoms with E-state index in [-0.39, 0.29) is 0 Å². The Morgan fingerprint density at radius 1 is 1.40 bits per heavy atom. The number of primary amides is 1. The quantitative estimate of drug-likeness (QED) is 0.512. The summed E-state index contributed by atoms with van der Waals surface area (Å²) >= 11 is 0. The van der Waals surface area contributed by atoms with Gasteiger partial charge in [-0.1, -0.05) is 24.3 Å². The van der Waals surface area contributed by atoms with E-state index < -0.39 is 18.1 Å². The van der Waals surface area contributed by atoms with E-state index in [2.05, 4.69) is 0 Å². The fourth-order valence-electron chi connectivity index (χ4n) is 1.24. The van der Waals surface area contributed by atoms with Crippen molar-refractivity contribution in [1.29, 1.82) is 0 Å². The molecule has 5 heteroatoms. The van der Waals surface area contributed by atoms with Crippen LogP contribution in [0.25, 0.3) is 0 Å². The van der Waals surface area contributed by atoms with E-state index in [9.17, 15) is 15.0 Å². The third kappa shape index (κ3) is 2.76. The highest BCUT2D eigenvalue weighted by molar-refractivity contribution is 5.79. The lowest BCUT2D eigenvalue weighted by Crippen LogP contribution is -2.33. The van der Waals surface area contributed by atoms with E-state index in [1.165, 1.54) is 0 Å². The Labute approximate surface area is 87.3 Å². The van der Waals surface area contributed by atoms with E-state index in [1.54, 1.807) is 24.3 Å². The average Bonchev–Trinajstić information content (AvgIpc) is 2.27. The molecule has 0 heterocycles. The van der Waals surface area contributed by atoms with Crippen LogP contribution in [-0.4, -0.2) is 22.2 Å². The zero-order chi connectivity index (χ0) is 11.4. The lowest BCUT2D eigenvalue weighted by Gasteiger charge is -2.15. The van der Waals surface area contributed by atoms with Gasteiger partial charge in [0, 0.05) is 6.54 Å². The van der Waals surface area contributed by atoms with Crippen molar-refractivity contribution in [2.24, 2.45) is 11.5 Å². The summed E-state index contributed by atoms with van der Waals surface area (Å²) < 4.78 is 0. The van der Waals surface area contributed by atoms with Crippen LogP contribution < -0.4 is 11.5 Å². The number of rotatable bonds is 4. The second-order valence-corrected chi connectivity index (χ2v) is 3.24. The van der Waals surface area contributed by atoms with E-state index in [0.717, 1.165) is 5.56 Å². The van der Waals surface area contributed by atoms with Gasteiger partial charge in [0.15, 0.2) is 6.10 Å². The summed E-state index contributed by atoms with van der Waals surface area (Å²) in [6.45, 7) is 0.327. The highest BCUT2D eigenvalue weighted by atomic mass is 16.3. The van der Waals surface area contributed by atoms with E-state index in [0.29, 0.717) is 12.1 Å². The standard InChI is InChI=1S/C10H14N2O3/c11-5-6-2-1-3-7(4-6)8(13)9(14)10(12)15/h1-4,8-9,13-14H,5,11H2,(H2,12,15). The van der Waals surface area contributed by atoms with Crippen molar-refractivity contribution in [2.45, 2.75) is 18.8 Å². The summed E-state index contributed by atoms with van der Waals surface area (Å²) in [4.78, 5) is 10.7. The van der Waals surface area contributed by atoms with Crippen LogP contribution in [-0.2, 0) is 11.3 Å². The molecule has 1 aromatic carbocycles. The number of aliphatic hydroxyl groups is 2. The van der Waals surface area contributed by atoms with Crippen molar-refractivity contribution >= 4 is 5.91 Å². The van der Waals surface area contributed by atoms with Gasteiger partial charge in [-0.2, -0.15) is 0 Å². The van der Waals surface area contributed by atoms with Crippen LogP contribution in [0.4, 0.5) is 0 Å². The van der Waals surface area contributed by atoms with Crippen LogP contribution in [0, 0.1) is 0 Å². The Balaban J connectivity index is 2.90. The molecule has 0 aromatic heterocycles. The molecule has 0 saturated carbocycles. The summed E-state index contributed by atoms with van der Waals surface area (Å²) in [5, 5.41) is 18.8. The first-order chi connectivity index (χ1) is 7.06. The highest BCUT2D eigenvalue weighted by Crippen LogP contribution is 2.17. The molecule has 0 radical (unpaired) electrons. The predicted molar refractivity (Wildman–Crippen MR) is 54.5 cm³/mol. The summed E-state index contributed by atoms with van der Waals surface area (Å²) in [6.07, 6.45) is -2.91. The molecule has 0 aliphatic heterocycles. The molecule has 15 heavy (non-hydrogen) atoms. The van der Waals surface area contributed by atoms with Gasteiger partial charge in [-0.05, 0) is 11.1 Å². The van der Waals surface area contributed by atoms with Gasteiger partial charge in [-0.25, -0.2) is 0 Å². The molecule has 1 aromatic rings. The summed E-state index contributed by atoms with van der Waals surface area (Å²) in [6, 6.07) is 6.69. The number of carbonyl (C=O) groups is 1. The first-order valence-electron chi connectivity index (χ1n) is 4.50. The SMILES string of the molecule is NCc1cccc(C(O)C(O)C(N)=O)c1. The van der Waals surface area contributed by atoms with Gasteiger partial charge in [0.2, 0.25) is 5.91 Å². The minimum Gasteiger partial charge on any atom is -0.385 e. The molecule has 0 fully saturated rings. The summed E-state index contributed by atoms with van der Waals surface area (Å²) in [5.41, 5.74) is 11.5. The van der Waals surface area contributed by atoms with Crippen molar-refractivity contribution in [2.75, 3.05) is 0 Å². The predicted octanol–water partition coefficient (Wildman–Crippen LogP) is -0.975. The third-order valence-corrected chi connectivity index (χ3v) is 2.12. The van der Waals surface area contributed by atoms with Crippen molar-refractivity contribution in [3.63, 3.8) is 0 Å². The molecule has 0 spiro atoms. The Morgan fingerprint density at radius 3 is 2.60 bits per heavy atom. The van der Waals surface area contributed by atoms with Gasteiger partial charge in [0.1, 0.15) is 6.10 Å². The summed E-state index contributed by atoms with van der Waals surface area (Å²) in [7, 11) is 0. The monoisotopic (exact) mass is 210 g/mol. The average molecular weight is 210 g/mol. The van der Waals surface area contributed by atoms with Crippen LogP contribution in [0.15, 0.2) is 24.3 Å². The lowest BCUT2D eigenvalue weighted by molar-refractivity contribution is -0.131. The van der Waals surface area contributed by atoms with Gasteiger partial charge < -0.3 is 21.7 Å². The maximum absolute atomic E-state index is 10.7. The minimum atomic E-state index is -1.60. The maximum atomic E-state index is 10.7. The van der Waals surface area contributed by atoms with Crippen molar-refractivity contribution in [3.8, 4) is 0 Å². The molecule has 2 atom stereocenters. The van der Waals surface area contributed by atoms with Crippen LogP contribution in [0.1, 0.15) is 17.2 Å². The number of hydrogen-bond acceptors (Lipinski definition) is 4. The van der Waals surface area contributed by atoms with Crippen LogP contribution in [0.2, 0.25) is 0 Å². The van der Waals surface area contributed by atoms with Crippen LogP contribution in [0.5, 0.6) is 0 Å². The Kier molecular flexibility index (Phi) is 3.79. The maximum Gasteiger partial charge on any atom is 0.249 e. The van der Waals surface area contributed by atoms with E-state index in [4.69, 9.17) is 11.5 Å². The third-order valence-electron chi connectivity index (χ3n) is 2.12. The first-order valence-corrected chi connectivity index (χ1v) is 4.50. The Hall–Kier alpha value is -1.43. The number of hydrogen-bond donors (Lipinski definition) is 4. The van der Waals surface area contributed by atoms with Crippen LogP contribution in [0.3, 0.4) is 0 Å². The topological polar surface area (TPSA) is 110 Å². The number of benzene rings is 1. The second-order valence-electron chi connectivity index (χ2n) is 3.24. The van der Waals surface area contributed by atoms with Crippen molar-refractivity contribution in [1.82, 2.24) is 0 Å². The molecule has 0 aliphatic carbocycles. The van der Waals surface area contributed by atoms with Gasteiger partial charge in [0.05, 0.1) is 0 Å². The van der Waals surface area contributed by atoms with E-state index >= 15 is 0 Å². The normalized spacial score (nSPS) is 14.6. The second kappa shape index (κ2) is 4.88. The molecule has 5 nitrogen and oxygen atoms in total. The van der Waals surface area contributed by atoms with Crippen molar-refractivity contribution < 1.29 is 15.0 Å². The molecule has 2 unspecified atom stereocenters. The van der Waals surface area contributed by atoms with Crippen LogP contribution >= 0.6 is 0 Å². The lowest BCUT2D eigenvalue weighted by atomic mass is 10.0. The fraction of sp³-hybridized carbons (Fsp3) is 0.300. The largest absolute Gasteiger partial charge is 0.385 e. The molecule has 6 N–H and O–H groups in total.